The zero-order valence-electron chi connectivity index (χ0n) is 21.4. The van der Waals surface area contributed by atoms with E-state index in [0.29, 0.717) is 31.9 Å². The van der Waals surface area contributed by atoms with E-state index in [4.69, 9.17) is 16.3 Å². The van der Waals surface area contributed by atoms with E-state index in [1.165, 1.54) is 17.7 Å². The van der Waals surface area contributed by atoms with E-state index in [-0.39, 0.29) is 22.9 Å². The number of para-hydroxylation sites is 1. The first-order valence-corrected chi connectivity index (χ1v) is 14.6. The van der Waals surface area contributed by atoms with Crippen molar-refractivity contribution in [1.29, 1.82) is 0 Å². The number of halogens is 1. The number of aromatic hydroxyl groups is 1. The monoisotopic (exact) mass is 607 g/mol. The number of phenols is 1. The van der Waals surface area contributed by atoms with Crippen molar-refractivity contribution in [2.45, 2.75) is 22.7 Å². The average molecular weight is 608 g/mol. The summed E-state index contributed by atoms with van der Waals surface area (Å²) in [5.41, 5.74) is 1.58. The maximum atomic E-state index is 14.0. The van der Waals surface area contributed by atoms with Crippen LogP contribution in [-0.2, 0) is 20.9 Å². The third-order valence-corrected chi connectivity index (χ3v) is 9.91. The van der Waals surface area contributed by atoms with E-state index < -0.39 is 34.8 Å². The number of carbonyl (C=O) groups is 3. The Kier molecular flexibility index (Phi) is 7.10. The Labute approximate surface area is 247 Å². The Morgan fingerprint density at radius 1 is 1.02 bits per heavy atom. The van der Waals surface area contributed by atoms with Crippen LogP contribution in [0, 0.1) is 5.92 Å². The van der Waals surface area contributed by atoms with Gasteiger partial charge in [0, 0.05) is 21.5 Å². The van der Waals surface area contributed by atoms with Gasteiger partial charge in [-0.15, -0.1) is 0 Å². The number of thiazole rings is 1. The van der Waals surface area contributed by atoms with E-state index in [9.17, 15) is 24.3 Å². The molecule has 3 atom stereocenters. The molecule has 208 valence electrons. The predicted molar refractivity (Wildman–Crippen MR) is 157 cm³/mol. The van der Waals surface area contributed by atoms with Crippen LogP contribution < -0.4 is 19.8 Å². The highest BCUT2D eigenvalue weighted by molar-refractivity contribution is 8.00. The van der Waals surface area contributed by atoms with Gasteiger partial charge in [-0.3, -0.25) is 23.7 Å². The lowest BCUT2D eigenvalue weighted by Gasteiger charge is -2.31. The lowest BCUT2D eigenvalue weighted by molar-refractivity contribution is -0.122. The van der Waals surface area contributed by atoms with Gasteiger partial charge in [0.2, 0.25) is 17.7 Å². The van der Waals surface area contributed by atoms with E-state index in [2.05, 4.69) is 5.32 Å². The van der Waals surface area contributed by atoms with Crippen LogP contribution in [0.15, 0.2) is 82.6 Å². The molecule has 0 bridgehead atoms. The fraction of sp³-hybridized carbons (Fsp3) is 0.172. The summed E-state index contributed by atoms with van der Waals surface area (Å²) >= 11 is 8.10. The highest BCUT2D eigenvalue weighted by Crippen LogP contribution is 2.54. The second kappa shape index (κ2) is 10.7. The molecule has 0 aliphatic carbocycles. The Morgan fingerprint density at radius 2 is 1.76 bits per heavy atom. The maximum Gasteiger partial charge on any atom is 0.308 e. The number of aromatic nitrogens is 1. The number of methoxy groups -OCH3 is 1. The van der Waals surface area contributed by atoms with Gasteiger partial charge in [0.1, 0.15) is 11.8 Å². The summed E-state index contributed by atoms with van der Waals surface area (Å²) in [6.07, 6.45) is 0. The minimum absolute atomic E-state index is 0.0850. The van der Waals surface area contributed by atoms with Crippen LogP contribution in [0.5, 0.6) is 11.5 Å². The number of amides is 3. The van der Waals surface area contributed by atoms with Crippen molar-refractivity contribution in [2.75, 3.05) is 17.3 Å². The Morgan fingerprint density at radius 3 is 2.46 bits per heavy atom. The predicted octanol–water partition coefficient (Wildman–Crippen LogP) is 4.71. The normalized spacial score (nSPS) is 19.6. The standard InChI is InChI=1S/C29H22ClN3O6S2/c1-39-20-13-15(7-12-19(20)34)22-23-24(27(37)33(26(23)36)18-10-8-16(30)9-11-18)40-28-25(22)41-29(38)32(28)14-21(35)31-17-5-3-2-4-6-17/h2-13,22-24,34H,14H2,1H3,(H,31,35)/t22-,23?,24?/m0/s1. The molecule has 2 N–H and O–H groups in total. The largest absolute Gasteiger partial charge is 0.504 e. The lowest BCUT2D eigenvalue weighted by atomic mass is 9.83. The molecule has 0 spiro atoms. The molecule has 3 aromatic carbocycles. The highest BCUT2D eigenvalue weighted by Gasteiger charge is 2.57. The van der Waals surface area contributed by atoms with Crippen LogP contribution in [0.25, 0.3) is 0 Å². The van der Waals surface area contributed by atoms with Crippen molar-refractivity contribution in [3.63, 3.8) is 0 Å². The minimum atomic E-state index is -0.854. The fourth-order valence-corrected chi connectivity index (χ4v) is 8.11. The molecule has 3 heterocycles. The summed E-state index contributed by atoms with van der Waals surface area (Å²) < 4.78 is 6.67. The quantitative estimate of drug-likeness (QED) is 0.305. The number of carbonyl (C=O) groups excluding carboxylic acids is 3. The number of phenolic OH excluding ortho intramolecular Hbond substituents is 1. The molecule has 6 rings (SSSR count). The van der Waals surface area contributed by atoms with Gasteiger partial charge in [0.05, 0.1) is 23.7 Å². The Hall–Kier alpha value is -4.06. The zero-order chi connectivity index (χ0) is 28.8. The van der Waals surface area contributed by atoms with E-state index in [0.717, 1.165) is 28.0 Å². The van der Waals surface area contributed by atoms with Gasteiger partial charge in [0.15, 0.2) is 11.5 Å². The van der Waals surface area contributed by atoms with Crippen LogP contribution in [0.4, 0.5) is 11.4 Å². The maximum absolute atomic E-state index is 14.0. The third-order valence-electron chi connectivity index (χ3n) is 7.06. The summed E-state index contributed by atoms with van der Waals surface area (Å²) in [6.45, 7) is -0.265. The molecule has 12 heteroatoms. The highest BCUT2D eigenvalue weighted by atomic mass is 35.5. The summed E-state index contributed by atoms with van der Waals surface area (Å²) in [5, 5.41) is 13.1. The Balaban J connectivity index is 1.44. The van der Waals surface area contributed by atoms with Gasteiger partial charge >= 0.3 is 4.87 Å². The number of thioether (sulfide) groups is 1. The van der Waals surface area contributed by atoms with Gasteiger partial charge in [-0.2, -0.15) is 0 Å². The zero-order valence-corrected chi connectivity index (χ0v) is 23.8. The van der Waals surface area contributed by atoms with Gasteiger partial charge in [-0.1, -0.05) is 59.0 Å². The number of fused-ring (bicyclic) bond motifs is 2. The molecular formula is C29H22ClN3O6S2. The molecule has 2 aliphatic heterocycles. The second-order valence-electron chi connectivity index (χ2n) is 9.50. The number of ether oxygens (including phenoxy) is 1. The van der Waals surface area contributed by atoms with Crippen LogP contribution in [0.2, 0.25) is 5.02 Å². The topological polar surface area (TPSA) is 118 Å². The third kappa shape index (κ3) is 4.79. The molecule has 1 fully saturated rings. The smallest absolute Gasteiger partial charge is 0.308 e. The molecule has 0 saturated carbocycles. The van der Waals surface area contributed by atoms with Crippen molar-refractivity contribution in [3.8, 4) is 11.5 Å². The Bertz CT molecular complexity index is 1740. The number of hydrogen-bond donors (Lipinski definition) is 2. The van der Waals surface area contributed by atoms with Crippen molar-refractivity contribution in [3.05, 3.63) is 97.9 Å². The summed E-state index contributed by atoms with van der Waals surface area (Å²) in [7, 11) is 1.41. The van der Waals surface area contributed by atoms with Crippen molar-refractivity contribution in [2.24, 2.45) is 5.92 Å². The van der Waals surface area contributed by atoms with Crippen LogP contribution in [0.3, 0.4) is 0 Å². The molecule has 0 radical (unpaired) electrons. The lowest BCUT2D eigenvalue weighted by Crippen LogP contribution is -2.33. The first-order valence-electron chi connectivity index (χ1n) is 12.5. The first kappa shape index (κ1) is 27.1. The molecule has 3 amide bonds. The van der Waals surface area contributed by atoms with Crippen LogP contribution in [0.1, 0.15) is 16.4 Å². The number of rotatable bonds is 6. The second-order valence-corrected chi connectivity index (χ2v) is 12.1. The van der Waals surface area contributed by atoms with Crippen molar-refractivity contribution >= 4 is 63.8 Å². The molecule has 1 saturated heterocycles. The SMILES string of the molecule is COc1cc([C@@H]2c3sc(=O)n(CC(=O)Nc4ccccc4)c3SC3C(=O)N(c4ccc(Cl)cc4)C(=O)C32)ccc1O. The van der Waals surface area contributed by atoms with Gasteiger partial charge < -0.3 is 15.2 Å². The molecule has 1 aromatic heterocycles. The van der Waals surface area contributed by atoms with Gasteiger partial charge in [-0.05, 0) is 54.1 Å². The van der Waals surface area contributed by atoms with Crippen LogP contribution in [-0.4, -0.2) is 39.8 Å². The van der Waals surface area contributed by atoms with E-state index >= 15 is 0 Å². The number of hydrogen-bond acceptors (Lipinski definition) is 8. The van der Waals surface area contributed by atoms with Crippen molar-refractivity contribution in [1.82, 2.24) is 4.57 Å². The first-order chi connectivity index (χ1) is 19.8. The van der Waals surface area contributed by atoms with Crippen LogP contribution >= 0.6 is 34.7 Å². The molecule has 2 unspecified atom stereocenters. The van der Waals surface area contributed by atoms with Gasteiger partial charge in [-0.25, -0.2) is 4.90 Å². The molecule has 2 aliphatic rings. The molecule has 4 aromatic rings. The average Bonchev–Trinajstić information content (AvgIpc) is 3.40. The van der Waals surface area contributed by atoms with E-state index in [1.807, 2.05) is 6.07 Å². The molecular weight excluding hydrogens is 586 g/mol. The van der Waals surface area contributed by atoms with E-state index in [1.54, 1.807) is 60.7 Å². The number of benzene rings is 3. The minimum Gasteiger partial charge on any atom is -0.504 e. The van der Waals surface area contributed by atoms with Gasteiger partial charge in [0.25, 0.3) is 0 Å². The number of anilines is 2. The number of nitrogens with zero attached hydrogens (tertiary/aromatic N) is 2. The number of nitrogens with one attached hydrogen (secondary N) is 1. The molecule has 41 heavy (non-hydrogen) atoms. The van der Waals surface area contributed by atoms with Crippen molar-refractivity contribution < 1.29 is 24.2 Å². The molecule has 9 nitrogen and oxygen atoms in total. The summed E-state index contributed by atoms with van der Waals surface area (Å²) in [4.78, 5) is 55.3. The summed E-state index contributed by atoms with van der Waals surface area (Å²) in [6, 6.07) is 20.0. The fourth-order valence-electron chi connectivity index (χ4n) is 5.21. The summed E-state index contributed by atoms with van der Waals surface area (Å²) in [5.74, 6) is -2.66. The number of imide groups is 1.